The Morgan fingerprint density at radius 1 is 1.35 bits per heavy atom. The summed E-state index contributed by atoms with van der Waals surface area (Å²) in [6.45, 7) is 4.61. The Hall–Kier alpha value is -1.81. The van der Waals surface area contributed by atoms with Crippen LogP contribution in [0.4, 0.5) is 5.82 Å². The number of halogens is 1. The van der Waals surface area contributed by atoms with Crippen molar-refractivity contribution < 1.29 is 4.79 Å². The molecule has 0 atom stereocenters. The van der Waals surface area contributed by atoms with Crippen LogP contribution in [0, 0.1) is 6.92 Å². The lowest BCUT2D eigenvalue weighted by molar-refractivity contribution is -0.116. The minimum Gasteiger partial charge on any atom is -0.309 e. The minimum atomic E-state index is 0.00337. The van der Waals surface area contributed by atoms with Gasteiger partial charge in [0.1, 0.15) is 0 Å². The van der Waals surface area contributed by atoms with Crippen LogP contribution < -0.4 is 5.32 Å². The van der Waals surface area contributed by atoms with Gasteiger partial charge in [-0.25, -0.2) is 0 Å². The lowest BCUT2D eigenvalue weighted by Crippen LogP contribution is -2.11. The van der Waals surface area contributed by atoms with Gasteiger partial charge in [0, 0.05) is 23.2 Å². The quantitative estimate of drug-likeness (QED) is 0.914. The van der Waals surface area contributed by atoms with Crippen molar-refractivity contribution in [3.63, 3.8) is 0 Å². The molecule has 1 heterocycles. The number of rotatable bonds is 5. The van der Waals surface area contributed by atoms with Crippen LogP contribution in [0.15, 0.2) is 30.3 Å². The van der Waals surface area contributed by atoms with Crippen molar-refractivity contribution in [2.45, 2.75) is 33.2 Å². The van der Waals surface area contributed by atoms with Crippen molar-refractivity contribution in [2.24, 2.45) is 0 Å². The molecule has 0 aliphatic heterocycles. The van der Waals surface area contributed by atoms with Crippen molar-refractivity contribution >= 4 is 23.3 Å². The standard InChI is InChI=1S/C15H18ClN3O/c1-3-4-15(20)17-14-9-11(2)19(18-14)10-12-5-7-13(16)8-6-12/h5-9H,3-4,10H2,1-2H3,(H,17,18,20). The number of nitrogens with zero attached hydrogens (tertiary/aromatic N) is 2. The molecule has 4 nitrogen and oxygen atoms in total. The maximum atomic E-state index is 11.6. The largest absolute Gasteiger partial charge is 0.309 e. The van der Waals surface area contributed by atoms with Gasteiger partial charge in [-0.1, -0.05) is 30.7 Å². The van der Waals surface area contributed by atoms with Crippen LogP contribution in [-0.2, 0) is 11.3 Å². The molecular weight excluding hydrogens is 274 g/mol. The van der Waals surface area contributed by atoms with Crippen LogP contribution in [0.25, 0.3) is 0 Å². The highest BCUT2D eigenvalue weighted by Gasteiger charge is 2.07. The van der Waals surface area contributed by atoms with Crippen LogP contribution in [0.3, 0.4) is 0 Å². The summed E-state index contributed by atoms with van der Waals surface area (Å²) in [5.41, 5.74) is 2.12. The lowest BCUT2D eigenvalue weighted by atomic mass is 10.2. The molecular formula is C15H18ClN3O. The van der Waals surface area contributed by atoms with E-state index in [4.69, 9.17) is 11.6 Å². The molecule has 0 aliphatic rings. The number of amides is 1. The molecule has 0 spiro atoms. The van der Waals surface area contributed by atoms with Gasteiger partial charge in [-0.15, -0.1) is 0 Å². The summed E-state index contributed by atoms with van der Waals surface area (Å²) in [7, 11) is 0. The molecule has 2 rings (SSSR count). The minimum absolute atomic E-state index is 0.00337. The smallest absolute Gasteiger partial charge is 0.225 e. The number of nitrogens with one attached hydrogen (secondary N) is 1. The fourth-order valence-electron chi connectivity index (χ4n) is 1.93. The Labute approximate surface area is 123 Å². The highest BCUT2D eigenvalue weighted by Crippen LogP contribution is 2.14. The summed E-state index contributed by atoms with van der Waals surface area (Å²) in [5.74, 6) is 0.610. The number of anilines is 1. The number of carbonyl (C=O) groups excluding carboxylic acids is 1. The third kappa shape index (κ3) is 3.84. The first-order valence-corrected chi connectivity index (χ1v) is 7.05. The van der Waals surface area contributed by atoms with E-state index in [1.54, 1.807) is 0 Å². The SMILES string of the molecule is CCCC(=O)Nc1cc(C)n(Cc2ccc(Cl)cc2)n1. The average Bonchev–Trinajstić information content (AvgIpc) is 2.72. The second-order valence-corrected chi connectivity index (χ2v) is 5.19. The molecule has 106 valence electrons. The van der Waals surface area contributed by atoms with Crippen molar-refractivity contribution in [1.29, 1.82) is 0 Å². The molecule has 0 radical (unpaired) electrons. The van der Waals surface area contributed by atoms with Crippen molar-refractivity contribution in [2.75, 3.05) is 5.32 Å². The van der Waals surface area contributed by atoms with Crippen molar-refractivity contribution in [3.8, 4) is 0 Å². The van der Waals surface area contributed by atoms with E-state index in [0.29, 0.717) is 18.8 Å². The normalized spacial score (nSPS) is 10.6. The summed E-state index contributed by atoms with van der Waals surface area (Å²) in [4.78, 5) is 11.6. The topological polar surface area (TPSA) is 46.9 Å². The molecule has 0 unspecified atom stereocenters. The number of hydrogen-bond donors (Lipinski definition) is 1. The van der Waals surface area contributed by atoms with E-state index in [-0.39, 0.29) is 5.91 Å². The highest BCUT2D eigenvalue weighted by atomic mass is 35.5. The molecule has 5 heteroatoms. The summed E-state index contributed by atoms with van der Waals surface area (Å²) >= 11 is 5.87. The summed E-state index contributed by atoms with van der Waals surface area (Å²) in [6.07, 6.45) is 1.35. The Bertz CT molecular complexity index is 590. The first kappa shape index (κ1) is 14.6. The van der Waals surface area contributed by atoms with Gasteiger partial charge in [0.15, 0.2) is 5.82 Å². The van der Waals surface area contributed by atoms with Crippen LogP contribution in [-0.4, -0.2) is 15.7 Å². The number of benzene rings is 1. The van der Waals surface area contributed by atoms with Crippen LogP contribution in [0.1, 0.15) is 31.0 Å². The molecule has 1 amide bonds. The Morgan fingerprint density at radius 3 is 2.70 bits per heavy atom. The molecule has 2 aromatic rings. The van der Waals surface area contributed by atoms with Crippen molar-refractivity contribution in [1.82, 2.24) is 9.78 Å². The third-order valence-electron chi connectivity index (χ3n) is 2.97. The second kappa shape index (κ2) is 6.57. The molecule has 0 saturated carbocycles. The molecule has 0 bridgehead atoms. The first-order chi connectivity index (χ1) is 9.58. The number of hydrogen-bond acceptors (Lipinski definition) is 2. The fourth-order valence-corrected chi connectivity index (χ4v) is 2.05. The van der Waals surface area contributed by atoms with Gasteiger partial charge in [-0.05, 0) is 31.0 Å². The zero-order valence-electron chi connectivity index (χ0n) is 11.7. The maximum absolute atomic E-state index is 11.6. The predicted octanol–water partition coefficient (Wildman–Crippen LogP) is 3.63. The van der Waals surface area contributed by atoms with Crippen LogP contribution in [0.5, 0.6) is 0 Å². The molecule has 0 fully saturated rings. The van der Waals surface area contributed by atoms with E-state index >= 15 is 0 Å². The Morgan fingerprint density at radius 2 is 2.05 bits per heavy atom. The van der Waals surface area contributed by atoms with Gasteiger partial charge >= 0.3 is 0 Å². The summed E-state index contributed by atoms with van der Waals surface area (Å²) < 4.78 is 1.87. The van der Waals surface area contributed by atoms with E-state index in [1.807, 2.05) is 48.9 Å². The van der Waals surface area contributed by atoms with Gasteiger partial charge in [0.2, 0.25) is 5.91 Å². The third-order valence-corrected chi connectivity index (χ3v) is 3.22. The molecule has 20 heavy (non-hydrogen) atoms. The average molecular weight is 292 g/mol. The predicted molar refractivity (Wildman–Crippen MR) is 81.1 cm³/mol. The van der Waals surface area contributed by atoms with E-state index in [1.165, 1.54) is 0 Å². The van der Waals surface area contributed by atoms with E-state index in [2.05, 4.69) is 10.4 Å². The van der Waals surface area contributed by atoms with Crippen LogP contribution in [0.2, 0.25) is 5.02 Å². The molecule has 1 aromatic carbocycles. The van der Waals surface area contributed by atoms with Gasteiger partial charge in [-0.3, -0.25) is 9.48 Å². The number of aromatic nitrogens is 2. The molecule has 1 aromatic heterocycles. The zero-order chi connectivity index (χ0) is 14.5. The van der Waals surface area contributed by atoms with Crippen LogP contribution >= 0.6 is 11.6 Å². The number of aryl methyl sites for hydroxylation is 1. The molecule has 0 saturated heterocycles. The van der Waals surface area contributed by atoms with E-state index < -0.39 is 0 Å². The monoisotopic (exact) mass is 291 g/mol. The Kier molecular flexibility index (Phi) is 4.79. The van der Waals surface area contributed by atoms with Crippen molar-refractivity contribution in [3.05, 3.63) is 46.6 Å². The molecule has 0 aliphatic carbocycles. The fraction of sp³-hybridized carbons (Fsp3) is 0.333. The molecule has 1 N–H and O–H groups in total. The Balaban J connectivity index is 2.07. The zero-order valence-corrected chi connectivity index (χ0v) is 12.4. The lowest BCUT2D eigenvalue weighted by Gasteiger charge is -2.04. The first-order valence-electron chi connectivity index (χ1n) is 6.67. The second-order valence-electron chi connectivity index (χ2n) is 4.75. The number of carbonyl (C=O) groups is 1. The summed E-state index contributed by atoms with van der Waals surface area (Å²) in [6, 6.07) is 9.54. The van der Waals surface area contributed by atoms with Gasteiger partial charge in [0.25, 0.3) is 0 Å². The van der Waals surface area contributed by atoms with Gasteiger partial charge in [-0.2, -0.15) is 5.10 Å². The van der Waals surface area contributed by atoms with Gasteiger partial charge in [0.05, 0.1) is 6.54 Å². The summed E-state index contributed by atoms with van der Waals surface area (Å²) in [5, 5.41) is 7.93. The van der Waals surface area contributed by atoms with E-state index in [0.717, 1.165) is 22.7 Å². The maximum Gasteiger partial charge on any atom is 0.225 e. The van der Waals surface area contributed by atoms with E-state index in [9.17, 15) is 4.79 Å². The highest BCUT2D eigenvalue weighted by molar-refractivity contribution is 6.30. The van der Waals surface area contributed by atoms with Gasteiger partial charge < -0.3 is 5.32 Å².